The Morgan fingerprint density at radius 1 is 1.00 bits per heavy atom. The summed E-state index contributed by atoms with van der Waals surface area (Å²) in [6, 6.07) is 14.1. The summed E-state index contributed by atoms with van der Waals surface area (Å²) in [6.07, 6.45) is 1.52. The Bertz CT molecular complexity index is 1010. The van der Waals surface area contributed by atoms with E-state index in [0.29, 0.717) is 48.1 Å². The van der Waals surface area contributed by atoms with Gasteiger partial charge in [-0.2, -0.15) is 5.10 Å². The fraction of sp³-hybridized carbons (Fsp3) is 0.238. The lowest BCUT2D eigenvalue weighted by molar-refractivity contribution is 0.0746. The molecule has 1 amide bonds. The van der Waals surface area contributed by atoms with Crippen molar-refractivity contribution < 1.29 is 9.18 Å². The van der Waals surface area contributed by atoms with E-state index in [1.54, 1.807) is 25.1 Å². The maximum atomic E-state index is 14.1. The van der Waals surface area contributed by atoms with Crippen molar-refractivity contribution in [1.29, 1.82) is 0 Å². The molecule has 1 aliphatic rings. The van der Waals surface area contributed by atoms with Gasteiger partial charge in [0.15, 0.2) is 0 Å². The van der Waals surface area contributed by atoms with E-state index in [9.17, 15) is 9.18 Å². The number of nitrogens with zero attached hydrogens (tertiary/aromatic N) is 4. The highest BCUT2D eigenvalue weighted by atomic mass is 35.5. The van der Waals surface area contributed by atoms with Crippen LogP contribution in [0.15, 0.2) is 54.7 Å². The molecule has 0 radical (unpaired) electrons. The maximum absolute atomic E-state index is 14.1. The van der Waals surface area contributed by atoms with Gasteiger partial charge in [-0.1, -0.05) is 35.9 Å². The number of para-hydroxylation sites is 2. The van der Waals surface area contributed by atoms with Crippen molar-refractivity contribution in [3.8, 4) is 5.69 Å². The first kappa shape index (κ1) is 18.5. The molecule has 144 valence electrons. The van der Waals surface area contributed by atoms with Gasteiger partial charge in [-0.05, 0) is 31.2 Å². The van der Waals surface area contributed by atoms with E-state index in [0.717, 1.165) is 5.69 Å². The summed E-state index contributed by atoms with van der Waals surface area (Å²) in [4.78, 5) is 17.0. The van der Waals surface area contributed by atoms with Crippen LogP contribution in [0.5, 0.6) is 0 Å². The van der Waals surface area contributed by atoms with Crippen LogP contribution in [0.4, 0.5) is 10.1 Å². The minimum atomic E-state index is -0.374. The van der Waals surface area contributed by atoms with Crippen LogP contribution in [-0.2, 0) is 0 Å². The SMILES string of the molecule is Cc1c(C(=O)N2CCN(c3ccccc3Cl)CC2)cnn1-c1ccccc1F. The third kappa shape index (κ3) is 3.36. The number of hydrogen-bond acceptors (Lipinski definition) is 3. The molecule has 7 heteroatoms. The standard InChI is InChI=1S/C21H20ClFN4O/c1-15-16(14-24-27(15)20-9-5-3-7-18(20)23)21(28)26-12-10-25(11-13-26)19-8-4-2-6-17(19)22/h2-9,14H,10-13H2,1H3. The van der Waals surface area contributed by atoms with Crippen molar-refractivity contribution in [3.05, 3.63) is 76.8 Å². The molecular formula is C21H20ClFN4O. The molecule has 0 spiro atoms. The number of hydrogen-bond donors (Lipinski definition) is 0. The number of aromatic nitrogens is 2. The quantitative estimate of drug-likeness (QED) is 0.671. The number of rotatable bonds is 3. The van der Waals surface area contributed by atoms with E-state index >= 15 is 0 Å². The molecule has 4 rings (SSSR count). The summed E-state index contributed by atoms with van der Waals surface area (Å²) in [5.41, 5.74) is 2.44. The predicted octanol–water partition coefficient (Wildman–Crippen LogP) is 3.94. The van der Waals surface area contributed by atoms with Crippen molar-refractivity contribution in [2.45, 2.75) is 6.92 Å². The van der Waals surface area contributed by atoms with E-state index in [4.69, 9.17) is 11.6 Å². The predicted molar refractivity (Wildman–Crippen MR) is 108 cm³/mol. The molecule has 1 aromatic heterocycles. The van der Waals surface area contributed by atoms with Crippen LogP contribution in [-0.4, -0.2) is 46.8 Å². The van der Waals surface area contributed by atoms with Crippen molar-refractivity contribution in [1.82, 2.24) is 14.7 Å². The second kappa shape index (κ2) is 7.64. The molecule has 0 unspecified atom stereocenters. The molecule has 0 atom stereocenters. The molecular weight excluding hydrogens is 379 g/mol. The number of benzene rings is 2. The number of carbonyl (C=O) groups excluding carboxylic acids is 1. The summed E-state index contributed by atoms with van der Waals surface area (Å²) in [7, 11) is 0. The number of carbonyl (C=O) groups is 1. The molecule has 1 aliphatic heterocycles. The monoisotopic (exact) mass is 398 g/mol. The van der Waals surface area contributed by atoms with Gasteiger partial charge in [0.25, 0.3) is 5.91 Å². The lowest BCUT2D eigenvalue weighted by Crippen LogP contribution is -2.49. The third-order valence-electron chi connectivity index (χ3n) is 5.08. The molecule has 5 nitrogen and oxygen atoms in total. The van der Waals surface area contributed by atoms with Gasteiger partial charge in [0.05, 0.1) is 28.2 Å². The molecule has 1 fully saturated rings. The third-order valence-corrected chi connectivity index (χ3v) is 5.40. The molecule has 3 aromatic rings. The fourth-order valence-corrected chi connectivity index (χ4v) is 3.77. The lowest BCUT2D eigenvalue weighted by Gasteiger charge is -2.36. The van der Waals surface area contributed by atoms with Crippen LogP contribution in [0.1, 0.15) is 16.1 Å². The van der Waals surface area contributed by atoms with Gasteiger partial charge < -0.3 is 9.80 Å². The summed E-state index contributed by atoms with van der Waals surface area (Å²) in [5.74, 6) is -0.458. The van der Waals surface area contributed by atoms with E-state index in [-0.39, 0.29) is 11.7 Å². The molecule has 2 aromatic carbocycles. The van der Waals surface area contributed by atoms with Crippen LogP contribution in [0.2, 0.25) is 5.02 Å². The van der Waals surface area contributed by atoms with Crippen LogP contribution in [0, 0.1) is 12.7 Å². The Hall–Kier alpha value is -2.86. The normalized spacial score (nSPS) is 14.4. The van der Waals surface area contributed by atoms with Gasteiger partial charge in [-0.25, -0.2) is 9.07 Å². The molecule has 0 saturated carbocycles. The van der Waals surface area contributed by atoms with E-state index < -0.39 is 0 Å². The molecule has 1 saturated heterocycles. The van der Waals surface area contributed by atoms with Crippen LogP contribution in [0.3, 0.4) is 0 Å². The van der Waals surface area contributed by atoms with Gasteiger partial charge in [0, 0.05) is 26.2 Å². The Kier molecular flexibility index (Phi) is 5.05. The number of amides is 1. The molecule has 0 bridgehead atoms. The van der Waals surface area contributed by atoms with Gasteiger partial charge in [0.2, 0.25) is 0 Å². The summed E-state index contributed by atoms with van der Waals surface area (Å²) in [6.45, 7) is 4.38. The van der Waals surface area contributed by atoms with Gasteiger partial charge in [-0.15, -0.1) is 0 Å². The first-order valence-corrected chi connectivity index (χ1v) is 9.52. The van der Waals surface area contributed by atoms with E-state index in [1.807, 2.05) is 29.2 Å². The number of piperazine rings is 1. The van der Waals surface area contributed by atoms with Crippen molar-refractivity contribution in [2.75, 3.05) is 31.1 Å². The van der Waals surface area contributed by atoms with Crippen molar-refractivity contribution in [3.63, 3.8) is 0 Å². The summed E-state index contributed by atoms with van der Waals surface area (Å²) < 4.78 is 15.6. The summed E-state index contributed by atoms with van der Waals surface area (Å²) >= 11 is 6.28. The summed E-state index contributed by atoms with van der Waals surface area (Å²) in [5, 5.41) is 4.95. The fourth-order valence-electron chi connectivity index (χ4n) is 3.51. The molecule has 2 heterocycles. The first-order chi connectivity index (χ1) is 13.6. The average molecular weight is 399 g/mol. The Labute approximate surface area is 167 Å². The minimum absolute atomic E-state index is 0.0844. The molecule has 28 heavy (non-hydrogen) atoms. The number of anilines is 1. The maximum Gasteiger partial charge on any atom is 0.257 e. The number of halogens is 2. The Morgan fingerprint density at radius 3 is 2.32 bits per heavy atom. The van der Waals surface area contributed by atoms with Crippen LogP contribution < -0.4 is 4.90 Å². The first-order valence-electron chi connectivity index (χ1n) is 9.14. The average Bonchev–Trinajstić information content (AvgIpc) is 3.09. The zero-order chi connectivity index (χ0) is 19.7. The van der Waals surface area contributed by atoms with E-state index in [1.165, 1.54) is 16.9 Å². The topological polar surface area (TPSA) is 41.4 Å². The second-order valence-corrected chi connectivity index (χ2v) is 7.14. The van der Waals surface area contributed by atoms with Crippen LogP contribution >= 0.6 is 11.6 Å². The molecule has 0 N–H and O–H groups in total. The Morgan fingerprint density at radius 2 is 1.64 bits per heavy atom. The lowest BCUT2D eigenvalue weighted by atomic mass is 10.2. The van der Waals surface area contributed by atoms with Crippen LogP contribution in [0.25, 0.3) is 5.69 Å². The second-order valence-electron chi connectivity index (χ2n) is 6.74. The van der Waals surface area contributed by atoms with Gasteiger partial charge in [0.1, 0.15) is 11.5 Å². The zero-order valence-corrected chi connectivity index (χ0v) is 16.2. The van der Waals surface area contributed by atoms with Gasteiger partial charge in [-0.3, -0.25) is 4.79 Å². The smallest absolute Gasteiger partial charge is 0.257 e. The largest absolute Gasteiger partial charge is 0.367 e. The van der Waals surface area contributed by atoms with Gasteiger partial charge >= 0.3 is 0 Å². The van der Waals surface area contributed by atoms with Crippen molar-refractivity contribution >= 4 is 23.2 Å². The van der Waals surface area contributed by atoms with E-state index in [2.05, 4.69) is 10.00 Å². The van der Waals surface area contributed by atoms with Crippen molar-refractivity contribution in [2.24, 2.45) is 0 Å². The highest BCUT2D eigenvalue weighted by Gasteiger charge is 2.26. The zero-order valence-electron chi connectivity index (χ0n) is 15.5. The molecule has 0 aliphatic carbocycles. The minimum Gasteiger partial charge on any atom is -0.367 e. The highest BCUT2D eigenvalue weighted by molar-refractivity contribution is 6.33. The highest BCUT2D eigenvalue weighted by Crippen LogP contribution is 2.26. The Balaban J connectivity index is 1.49.